The number of hydrogen-bond donors (Lipinski definition) is 1. The lowest BCUT2D eigenvalue weighted by atomic mass is 9.66. The fourth-order valence-electron chi connectivity index (χ4n) is 2.46. The number of ether oxygens (including phenoxy) is 1. The van der Waals surface area contributed by atoms with Crippen molar-refractivity contribution in [3.8, 4) is 0 Å². The van der Waals surface area contributed by atoms with E-state index < -0.39 is 11.4 Å². The number of hydrogen-bond acceptors (Lipinski definition) is 3. The minimum atomic E-state index is -1.04. The first kappa shape index (κ1) is 10.9. The van der Waals surface area contributed by atoms with E-state index in [9.17, 15) is 9.59 Å². The van der Waals surface area contributed by atoms with Gasteiger partial charge in [0.1, 0.15) is 0 Å². The van der Waals surface area contributed by atoms with Crippen molar-refractivity contribution in [3.63, 3.8) is 0 Å². The molecule has 86 valence electrons. The molecule has 1 fully saturated rings. The van der Waals surface area contributed by atoms with Crippen molar-refractivity contribution >= 4 is 11.9 Å². The van der Waals surface area contributed by atoms with Gasteiger partial charge in [0.05, 0.1) is 7.11 Å². The van der Waals surface area contributed by atoms with Crippen molar-refractivity contribution in [1.29, 1.82) is 0 Å². The molecule has 0 saturated carbocycles. The molecule has 2 bridgehead atoms. The van der Waals surface area contributed by atoms with E-state index >= 15 is 0 Å². The van der Waals surface area contributed by atoms with Crippen LogP contribution in [0.5, 0.6) is 0 Å². The van der Waals surface area contributed by atoms with Crippen molar-refractivity contribution in [2.45, 2.75) is 19.8 Å². The number of piperidine rings is 1. The second kappa shape index (κ2) is 3.47. The summed E-state index contributed by atoms with van der Waals surface area (Å²) in [5.41, 5.74) is 0.794. The van der Waals surface area contributed by atoms with Crippen molar-refractivity contribution in [3.05, 3.63) is 23.9 Å². The Morgan fingerprint density at radius 2 is 2.38 bits per heavy atom. The van der Waals surface area contributed by atoms with E-state index in [1.807, 2.05) is 13.0 Å². The zero-order valence-electron chi connectivity index (χ0n) is 9.50. The number of carbonyl (C=O) groups is 2. The molecule has 1 aliphatic heterocycles. The summed E-state index contributed by atoms with van der Waals surface area (Å²) in [6, 6.07) is 0. The molecule has 4 nitrogen and oxygen atoms in total. The average Bonchev–Trinajstić information content (AvgIpc) is 2.27. The molecular weight excluding hydrogens is 206 g/mol. The fourth-order valence-corrected chi connectivity index (χ4v) is 2.46. The Morgan fingerprint density at radius 1 is 1.69 bits per heavy atom. The summed E-state index contributed by atoms with van der Waals surface area (Å²) in [6.07, 6.45) is 2.84. The molecule has 2 atom stereocenters. The summed E-state index contributed by atoms with van der Waals surface area (Å²) in [5.74, 6) is -0.679. The van der Waals surface area contributed by atoms with Gasteiger partial charge in [-0.25, -0.2) is 0 Å². The molecule has 0 spiro atoms. The smallest absolute Gasteiger partial charge is 0.321 e. The van der Waals surface area contributed by atoms with Crippen molar-refractivity contribution < 1.29 is 14.3 Å². The second-order valence-corrected chi connectivity index (χ2v) is 4.46. The average molecular weight is 221 g/mol. The van der Waals surface area contributed by atoms with Crippen LogP contribution < -0.4 is 5.32 Å². The number of amides is 1. The molecule has 0 aromatic heterocycles. The number of allylic oxidation sites excluding steroid dienone is 2. The van der Waals surface area contributed by atoms with Crippen LogP contribution in [-0.4, -0.2) is 19.0 Å². The van der Waals surface area contributed by atoms with Crippen molar-refractivity contribution in [2.24, 2.45) is 11.3 Å². The van der Waals surface area contributed by atoms with Crippen LogP contribution in [0.15, 0.2) is 23.9 Å². The zero-order chi connectivity index (χ0) is 11.9. The maximum absolute atomic E-state index is 11.9. The number of carbonyl (C=O) groups excluding carboxylic acids is 2. The van der Waals surface area contributed by atoms with Crippen LogP contribution in [0.2, 0.25) is 0 Å². The predicted octanol–water partition coefficient (Wildman–Crippen LogP) is 1.15. The molecular formula is C12H15NO3. The van der Waals surface area contributed by atoms with Gasteiger partial charge in [-0.3, -0.25) is 9.59 Å². The number of nitrogens with one attached hydrogen (secondary N) is 1. The van der Waals surface area contributed by atoms with E-state index in [0.29, 0.717) is 18.5 Å². The highest BCUT2D eigenvalue weighted by Crippen LogP contribution is 2.45. The molecule has 0 unspecified atom stereocenters. The Kier molecular flexibility index (Phi) is 2.37. The highest BCUT2D eigenvalue weighted by atomic mass is 16.5. The van der Waals surface area contributed by atoms with Gasteiger partial charge in [-0.1, -0.05) is 18.2 Å². The Hall–Kier alpha value is -1.58. The molecule has 2 aliphatic rings. The van der Waals surface area contributed by atoms with Gasteiger partial charge in [-0.2, -0.15) is 0 Å². The first-order valence-corrected chi connectivity index (χ1v) is 5.26. The molecule has 4 heteroatoms. The lowest BCUT2D eigenvalue weighted by Crippen LogP contribution is -2.54. The van der Waals surface area contributed by atoms with Gasteiger partial charge in [-0.05, 0) is 19.8 Å². The third-order valence-corrected chi connectivity index (χ3v) is 3.58. The number of fused-ring (bicyclic) bond motifs is 2. The van der Waals surface area contributed by atoms with E-state index in [1.54, 1.807) is 0 Å². The molecule has 0 aromatic rings. The predicted molar refractivity (Wildman–Crippen MR) is 58.2 cm³/mol. The van der Waals surface area contributed by atoms with E-state index in [1.165, 1.54) is 7.11 Å². The normalized spacial score (nSPS) is 32.9. The van der Waals surface area contributed by atoms with Crippen LogP contribution >= 0.6 is 0 Å². The standard InChI is InChI=1S/C12H15NO3/c1-7-4-5-12(11(15)16-3)6-9(7)8(2)13-10(12)14/h4,9H,2,5-6H2,1,3H3,(H,13,14)/t9-,12+/m0/s1. The van der Waals surface area contributed by atoms with Gasteiger partial charge < -0.3 is 10.1 Å². The zero-order valence-corrected chi connectivity index (χ0v) is 9.50. The Balaban J connectivity index is 2.44. The van der Waals surface area contributed by atoms with Crippen molar-refractivity contribution in [2.75, 3.05) is 7.11 Å². The summed E-state index contributed by atoms with van der Waals surface area (Å²) in [4.78, 5) is 23.7. The largest absolute Gasteiger partial charge is 0.468 e. The summed E-state index contributed by atoms with van der Waals surface area (Å²) >= 11 is 0. The van der Waals surface area contributed by atoms with Gasteiger partial charge >= 0.3 is 5.97 Å². The Morgan fingerprint density at radius 3 is 3.00 bits per heavy atom. The highest BCUT2D eigenvalue weighted by Gasteiger charge is 2.53. The van der Waals surface area contributed by atoms with Gasteiger partial charge in [0.15, 0.2) is 5.41 Å². The molecule has 16 heavy (non-hydrogen) atoms. The van der Waals surface area contributed by atoms with Gasteiger partial charge in [0.2, 0.25) is 5.91 Å². The van der Waals surface area contributed by atoms with Gasteiger partial charge in [-0.15, -0.1) is 0 Å². The molecule has 0 aromatic carbocycles. The first-order chi connectivity index (χ1) is 7.51. The number of esters is 1. The quantitative estimate of drug-likeness (QED) is 0.410. The van der Waals surface area contributed by atoms with Crippen molar-refractivity contribution in [1.82, 2.24) is 5.32 Å². The van der Waals surface area contributed by atoms with E-state index in [0.717, 1.165) is 5.57 Å². The minimum absolute atomic E-state index is 0.0607. The van der Waals surface area contributed by atoms with Crippen LogP contribution in [0.25, 0.3) is 0 Å². The summed E-state index contributed by atoms with van der Waals surface area (Å²) in [7, 11) is 1.31. The third-order valence-electron chi connectivity index (χ3n) is 3.58. The molecule has 1 N–H and O–H groups in total. The maximum Gasteiger partial charge on any atom is 0.321 e. The van der Waals surface area contributed by atoms with E-state index in [4.69, 9.17) is 4.74 Å². The lowest BCUT2D eigenvalue weighted by molar-refractivity contribution is -0.161. The van der Waals surface area contributed by atoms with Gasteiger partial charge in [0.25, 0.3) is 0 Å². The maximum atomic E-state index is 11.9. The van der Waals surface area contributed by atoms with Crippen LogP contribution in [-0.2, 0) is 14.3 Å². The van der Waals surface area contributed by atoms with Crippen LogP contribution in [0.4, 0.5) is 0 Å². The second-order valence-electron chi connectivity index (χ2n) is 4.46. The molecule has 1 saturated heterocycles. The Bertz CT molecular complexity index is 410. The molecule has 1 heterocycles. The highest BCUT2D eigenvalue weighted by molar-refractivity contribution is 6.04. The molecule has 1 amide bonds. The van der Waals surface area contributed by atoms with Crippen LogP contribution in [0.3, 0.4) is 0 Å². The van der Waals surface area contributed by atoms with Crippen LogP contribution in [0, 0.1) is 11.3 Å². The fraction of sp³-hybridized carbons (Fsp3) is 0.500. The monoisotopic (exact) mass is 221 g/mol. The Labute approximate surface area is 94.3 Å². The third kappa shape index (κ3) is 1.29. The number of methoxy groups -OCH3 is 1. The van der Waals surface area contributed by atoms with Crippen LogP contribution in [0.1, 0.15) is 19.8 Å². The molecule has 2 rings (SSSR count). The summed E-state index contributed by atoms with van der Waals surface area (Å²) in [6.45, 7) is 5.82. The molecule has 1 aliphatic carbocycles. The minimum Gasteiger partial charge on any atom is -0.468 e. The lowest BCUT2D eigenvalue weighted by Gasteiger charge is -2.41. The molecule has 0 radical (unpaired) electrons. The SMILES string of the molecule is C=C1NC(=O)[C@@]2(C(=O)OC)CC=C(C)[C@@H]1C2. The van der Waals surface area contributed by atoms with E-state index in [-0.39, 0.29) is 11.8 Å². The first-order valence-electron chi connectivity index (χ1n) is 5.26. The summed E-state index contributed by atoms with van der Waals surface area (Å²) < 4.78 is 4.75. The van der Waals surface area contributed by atoms with E-state index in [2.05, 4.69) is 11.9 Å². The topological polar surface area (TPSA) is 55.4 Å². The van der Waals surface area contributed by atoms with Gasteiger partial charge in [0, 0.05) is 11.6 Å². The number of rotatable bonds is 1. The summed E-state index contributed by atoms with van der Waals surface area (Å²) in [5, 5.41) is 2.69.